The zero-order chi connectivity index (χ0) is 31.6. The van der Waals surface area contributed by atoms with Gasteiger partial charge in [0.25, 0.3) is 0 Å². The van der Waals surface area contributed by atoms with E-state index in [0.29, 0.717) is 17.5 Å². The first kappa shape index (κ1) is 26.5. The van der Waals surface area contributed by atoms with Crippen LogP contribution in [0.4, 0.5) is 0 Å². The van der Waals surface area contributed by atoms with Crippen LogP contribution in [0.25, 0.3) is 94.4 Å². The molecule has 4 aromatic heterocycles. The van der Waals surface area contributed by atoms with E-state index in [9.17, 15) is 0 Å². The van der Waals surface area contributed by atoms with Crippen molar-refractivity contribution in [1.82, 2.24) is 24.5 Å². The second-order valence-corrected chi connectivity index (χ2v) is 11.9. The van der Waals surface area contributed by atoms with Gasteiger partial charge in [0.1, 0.15) is 5.58 Å². The Hall–Kier alpha value is -6.66. The number of pyridine rings is 1. The Labute approximate surface area is 274 Å². The Kier molecular flexibility index (Phi) is 5.77. The van der Waals surface area contributed by atoms with Gasteiger partial charge >= 0.3 is 0 Å². The molecule has 4 heterocycles. The third-order valence-corrected chi connectivity index (χ3v) is 9.14. The van der Waals surface area contributed by atoms with Crippen molar-refractivity contribution in [2.75, 3.05) is 0 Å². The lowest BCUT2D eigenvalue weighted by molar-refractivity contribution is 0.667. The molecule has 0 aliphatic heterocycles. The van der Waals surface area contributed by atoms with Gasteiger partial charge in [0.05, 0.1) is 22.9 Å². The highest BCUT2D eigenvalue weighted by molar-refractivity contribution is 6.10. The van der Waals surface area contributed by atoms with Gasteiger partial charge in [-0.2, -0.15) is 0 Å². The van der Waals surface area contributed by atoms with Crippen molar-refractivity contribution in [3.8, 4) is 39.9 Å². The first-order valence-electron chi connectivity index (χ1n) is 15.9. The Morgan fingerprint density at radius 3 is 1.90 bits per heavy atom. The summed E-state index contributed by atoms with van der Waals surface area (Å²) < 4.78 is 8.52. The maximum atomic E-state index is 6.21. The normalized spacial score (nSPS) is 11.8. The summed E-state index contributed by atoms with van der Waals surface area (Å²) in [5.74, 6) is 1.77. The molecule has 224 valence electrons. The maximum absolute atomic E-state index is 6.21. The van der Waals surface area contributed by atoms with Crippen molar-refractivity contribution in [3.05, 3.63) is 152 Å². The molecule has 0 aliphatic rings. The molecule has 48 heavy (non-hydrogen) atoms. The van der Waals surface area contributed by atoms with Crippen molar-refractivity contribution in [1.29, 1.82) is 0 Å². The lowest BCUT2D eigenvalue weighted by Crippen LogP contribution is -2.03. The highest BCUT2D eigenvalue weighted by Crippen LogP contribution is 2.37. The fraction of sp³-hybridized carbons (Fsp3) is 0. The van der Waals surface area contributed by atoms with Crippen LogP contribution in [0, 0.1) is 0 Å². The molecule has 0 fully saturated rings. The quantitative estimate of drug-likeness (QED) is 0.197. The van der Waals surface area contributed by atoms with Gasteiger partial charge in [-0.25, -0.2) is 15.0 Å². The zero-order valence-electron chi connectivity index (χ0n) is 25.6. The van der Waals surface area contributed by atoms with E-state index < -0.39 is 0 Å². The molecule has 10 aromatic rings. The van der Waals surface area contributed by atoms with Crippen LogP contribution in [-0.2, 0) is 0 Å². The monoisotopic (exact) mass is 615 g/mol. The van der Waals surface area contributed by atoms with Crippen LogP contribution in [0.5, 0.6) is 0 Å². The Morgan fingerprint density at radius 2 is 1.08 bits per heavy atom. The third kappa shape index (κ3) is 4.13. The van der Waals surface area contributed by atoms with Crippen molar-refractivity contribution >= 4 is 54.5 Å². The molecular weight excluding hydrogens is 590 g/mol. The third-order valence-electron chi connectivity index (χ3n) is 9.14. The summed E-state index contributed by atoms with van der Waals surface area (Å²) >= 11 is 0. The summed E-state index contributed by atoms with van der Waals surface area (Å²) in [6.07, 6.45) is 3.54. The SMILES string of the molecule is c1ccc(-n2c3ccccc3c3ccccc32)c(-c2nc(-c3ccc4ccccc4c3)nc(-c3ccc4c(c3)oc3cnccc34)n2)c1. The van der Waals surface area contributed by atoms with E-state index in [4.69, 9.17) is 19.4 Å². The van der Waals surface area contributed by atoms with E-state index in [2.05, 4.69) is 131 Å². The number of aromatic nitrogens is 5. The number of hydrogen-bond donors (Lipinski definition) is 0. The largest absolute Gasteiger partial charge is 0.454 e. The number of benzene rings is 6. The van der Waals surface area contributed by atoms with Crippen LogP contribution in [0.3, 0.4) is 0 Å². The highest BCUT2D eigenvalue weighted by Gasteiger charge is 2.19. The van der Waals surface area contributed by atoms with E-state index in [1.54, 1.807) is 12.4 Å². The second-order valence-electron chi connectivity index (χ2n) is 11.9. The summed E-state index contributed by atoms with van der Waals surface area (Å²) in [5.41, 5.74) is 7.43. The van der Waals surface area contributed by atoms with Gasteiger partial charge in [0.15, 0.2) is 23.1 Å². The molecular formula is C42H25N5O. The molecule has 0 amide bonds. The molecule has 0 saturated carbocycles. The Morgan fingerprint density at radius 1 is 0.458 bits per heavy atom. The molecule has 0 atom stereocenters. The molecule has 6 heteroatoms. The summed E-state index contributed by atoms with van der Waals surface area (Å²) in [6, 6.07) is 48.2. The average molecular weight is 616 g/mol. The molecule has 0 aliphatic carbocycles. The summed E-state index contributed by atoms with van der Waals surface area (Å²) in [4.78, 5) is 19.6. The lowest BCUT2D eigenvalue weighted by atomic mass is 10.1. The summed E-state index contributed by atoms with van der Waals surface area (Å²) in [7, 11) is 0. The topological polar surface area (TPSA) is 69.6 Å². The number of nitrogens with zero attached hydrogens (tertiary/aromatic N) is 5. The summed E-state index contributed by atoms with van der Waals surface area (Å²) in [5, 5.41) is 6.74. The lowest BCUT2D eigenvalue weighted by Gasteiger charge is -2.14. The molecule has 0 radical (unpaired) electrons. The first-order valence-corrected chi connectivity index (χ1v) is 15.9. The minimum absolute atomic E-state index is 0.570. The van der Waals surface area contributed by atoms with E-state index in [0.717, 1.165) is 66.1 Å². The average Bonchev–Trinajstić information content (AvgIpc) is 3.70. The number of para-hydroxylation sites is 3. The van der Waals surface area contributed by atoms with Crippen LogP contribution in [0.2, 0.25) is 0 Å². The molecule has 0 bridgehead atoms. The first-order chi connectivity index (χ1) is 23.8. The highest BCUT2D eigenvalue weighted by atomic mass is 16.3. The second kappa shape index (κ2) is 10.4. The van der Waals surface area contributed by atoms with Crippen LogP contribution >= 0.6 is 0 Å². The van der Waals surface area contributed by atoms with Gasteiger partial charge in [-0.15, -0.1) is 0 Å². The van der Waals surface area contributed by atoms with Gasteiger partial charge in [0.2, 0.25) is 0 Å². The Balaban J connectivity index is 1.23. The predicted octanol–water partition coefficient (Wildman–Crippen LogP) is 10.4. The van der Waals surface area contributed by atoms with Crippen molar-refractivity contribution in [2.45, 2.75) is 0 Å². The molecule has 6 aromatic carbocycles. The van der Waals surface area contributed by atoms with E-state index >= 15 is 0 Å². The minimum atomic E-state index is 0.570. The van der Waals surface area contributed by atoms with Crippen LogP contribution in [-0.4, -0.2) is 24.5 Å². The molecule has 0 unspecified atom stereocenters. The van der Waals surface area contributed by atoms with Crippen molar-refractivity contribution in [3.63, 3.8) is 0 Å². The maximum Gasteiger partial charge on any atom is 0.166 e. The van der Waals surface area contributed by atoms with Crippen LogP contribution in [0.15, 0.2) is 156 Å². The van der Waals surface area contributed by atoms with Gasteiger partial charge < -0.3 is 8.98 Å². The van der Waals surface area contributed by atoms with E-state index in [-0.39, 0.29) is 0 Å². The molecule has 0 N–H and O–H groups in total. The molecule has 0 spiro atoms. The van der Waals surface area contributed by atoms with E-state index in [1.165, 1.54) is 10.8 Å². The number of furan rings is 1. The molecule has 0 saturated heterocycles. The molecule has 6 nitrogen and oxygen atoms in total. The Bertz CT molecular complexity index is 2810. The zero-order valence-corrected chi connectivity index (χ0v) is 25.6. The van der Waals surface area contributed by atoms with Gasteiger partial charge in [0, 0.05) is 44.4 Å². The number of hydrogen-bond acceptors (Lipinski definition) is 5. The van der Waals surface area contributed by atoms with Crippen molar-refractivity contribution in [2.24, 2.45) is 0 Å². The van der Waals surface area contributed by atoms with Crippen LogP contribution in [0.1, 0.15) is 0 Å². The fourth-order valence-corrected chi connectivity index (χ4v) is 6.89. The van der Waals surface area contributed by atoms with Crippen molar-refractivity contribution < 1.29 is 4.42 Å². The smallest absolute Gasteiger partial charge is 0.166 e. The number of fused-ring (bicyclic) bond motifs is 7. The van der Waals surface area contributed by atoms with Gasteiger partial charge in [-0.1, -0.05) is 91.0 Å². The fourth-order valence-electron chi connectivity index (χ4n) is 6.89. The standard InChI is InChI=1S/C42H25N5O/c1-2-10-27-23-28(18-17-26(27)9-1)40-44-41(29-19-20-32-33-21-22-43-25-39(33)48-38(32)24-29)46-42(45-40)34-13-5-8-16-37(34)47-35-14-6-3-11-30(35)31-12-4-7-15-36(31)47/h1-25H. The van der Waals surface area contributed by atoms with Crippen LogP contribution < -0.4 is 0 Å². The number of rotatable bonds is 4. The molecule has 10 rings (SSSR count). The van der Waals surface area contributed by atoms with Gasteiger partial charge in [-0.05, 0) is 59.3 Å². The summed E-state index contributed by atoms with van der Waals surface area (Å²) in [6.45, 7) is 0. The van der Waals surface area contributed by atoms with E-state index in [1.807, 2.05) is 18.2 Å². The van der Waals surface area contributed by atoms with Gasteiger partial charge in [-0.3, -0.25) is 4.98 Å². The predicted molar refractivity (Wildman–Crippen MR) is 193 cm³/mol. The minimum Gasteiger partial charge on any atom is -0.454 e.